The second-order valence-corrected chi connectivity index (χ2v) is 7.76. The summed E-state index contributed by atoms with van der Waals surface area (Å²) in [7, 11) is 0. The number of ether oxygens (including phenoxy) is 1. The van der Waals surface area contributed by atoms with Gasteiger partial charge in [0.1, 0.15) is 12.4 Å². The summed E-state index contributed by atoms with van der Waals surface area (Å²) in [5, 5.41) is 0. The Balaban J connectivity index is 1.46. The van der Waals surface area contributed by atoms with Gasteiger partial charge in [-0.25, -0.2) is 4.98 Å². The second kappa shape index (κ2) is 8.08. The zero-order valence-corrected chi connectivity index (χ0v) is 16.9. The van der Waals surface area contributed by atoms with E-state index in [1.54, 1.807) is 12.5 Å². The van der Waals surface area contributed by atoms with Gasteiger partial charge in [-0.05, 0) is 83.0 Å². The summed E-state index contributed by atoms with van der Waals surface area (Å²) in [5.74, 6) is 0.937. The van der Waals surface area contributed by atoms with Gasteiger partial charge in [-0.15, -0.1) is 0 Å². The smallest absolute Gasteiger partial charge is 0.189 e. The Hall–Kier alpha value is -2.41. The molecule has 0 bridgehead atoms. The lowest BCUT2D eigenvalue weighted by atomic mass is 9.86. The number of allylic oxidation sites excluding steroid dienone is 1. The van der Waals surface area contributed by atoms with Gasteiger partial charge in [-0.2, -0.15) is 0 Å². The van der Waals surface area contributed by atoms with Crippen LogP contribution in [0.2, 0.25) is 0 Å². The molecule has 1 aromatic heterocycles. The van der Waals surface area contributed by atoms with Gasteiger partial charge < -0.3 is 9.30 Å². The SMILES string of the molecule is O=C1/C(=C/c2ccc(I)cc2)CCc2cc(OCCn3ccnc3)ccc21. The van der Waals surface area contributed by atoms with Gasteiger partial charge in [-0.3, -0.25) is 4.79 Å². The molecule has 0 unspecified atom stereocenters. The number of halogens is 1. The van der Waals surface area contributed by atoms with E-state index in [-0.39, 0.29) is 5.78 Å². The fourth-order valence-corrected chi connectivity index (χ4v) is 3.59. The molecule has 0 saturated heterocycles. The van der Waals surface area contributed by atoms with Crippen molar-refractivity contribution in [2.75, 3.05) is 6.61 Å². The van der Waals surface area contributed by atoms with Crippen LogP contribution < -0.4 is 4.74 Å². The molecule has 0 aliphatic heterocycles. The van der Waals surface area contributed by atoms with Gasteiger partial charge in [-0.1, -0.05) is 12.1 Å². The van der Waals surface area contributed by atoms with Crippen molar-refractivity contribution in [3.63, 3.8) is 0 Å². The number of carbonyl (C=O) groups is 1. The lowest BCUT2D eigenvalue weighted by Gasteiger charge is -2.19. The number of ketones is 1. The topological polar surface area (TPSA) is 44.1 Å². The molecule has 136 valence electrons. The number of Topliss-reactive ketones (excluding diaryl/α,β-unsaturated/α-hetero) is 1. The molecular formula is C22H19IN2O2. The molecule has 0 radical (unpaired) electrons. The highest BCUT2D eigenvalue weighted by Crippen LogP contribution is 2.29. The van der Waals surface area contributed by atoms with Gasteiger partial charge in [0.05, 0.1) is 12.9 Å². The van der Waals surface area contributed by atoms with Crippen LogP contribution in [0, 0.1) is 3.57 Å². The van der Waals surface area contributed by atoms with Crippen LogP contribution in [-0.2, 0) is 13.0 Å². The number of carbonyl (C=O) groups excluding carboxylic acids is 1. The molecule has 0 amide bonds. The third-order valence-electron chi connectivity index (χ3n) is 4.66. The van der Waals surface area contributed by atoms with Crippen LogP contribution in [0.25, 0.3) is 6.08 Å². The monoisotopic (exact) mass is 470 g/mol. The molecule has 4 rings (SSSR count). The Kier molecular flexibility index (Phi) is 5.38. The molecule has 3 aromatic rings. The molecule has 4 nitrogen and oxygen atoms in total. The fraction of sp³-hybridized carbons (Fsp3) is 0.182. The Morgan fingerprint density at radius 2 is 2.00 bits per heavy atom. The van der Waals surface area contributed by atoms with Crippen LogP contribution in [0.5, 0.6) is 5.75 Å². The highest BCUT2D eigenvalue weighted by molar-refractivity contribution is 14.1. The Labute approximate surface area is 172 Å². The minimum absolute atomic E-state index is 0.125. The maximum atomic E-state index is 12.8. The number of aromatic nitrogens is 2. The minimum Gasteiger partial charge on any atom is -0.492 e. The number of rotatable bonds is 5. The second-order valence-electron chi connectivity index (χ2n) is 6.52. The van der Waals surface area contributed by atoms with Crippen LogP contribution in [0.1, 0.15) is 27.9 Å². The Morgan fingerprint density at radius 1 is 1.15 bits per heavy atom. The number of benzene rings is 2. The number of imidazole rings is 1. The molecule has 1 aliphatic carbocycles. The number of aryl methyl sites for hydroxylation is 1. The molecule has 2 aromatic carbocycles. The number of hydrogen-bond acceptors (Lipinski definition) is 3. The summed E-state index contributed by atoms with van der Waals surface area (Å²) >= 11 is 2.28. The van der Waals surface area contributed by atoms with E-state index in [0.717, 1.165) is 47.4 Å². The van der Waals surface area contributed by atoms with Crippen LogP contribution >= 0.6 is 22.6 Å². The first kappa shape index (κ1) is 18.0. The van der Waals surface area contributed by atoms with Crippen LogP contribution in [-0.4, -0.2) is 21.9 Å². The van der Waals surface area contributed by atoms with Crippen LogP contribution in [0.15, 0.2) is 66.8 Å². The fourth-order valence-electron chi connectivity index (χ4n) is 3.23. The first-order chi connectivity index (χ1) is 13.2. The summed E-state index contributed by atoms with van der Waals surface area (Å²) in [6.07, 6.45) is 9.07. The lowest BCUT2D eigenvalue weighted by Crippen LogP contribution is -2.14. The van der Waals surface area contributed by atoms with Gasteiger partial charge in [0, 0.05) is 27.1 Å². The van der Waals surface area contributed by atoms with Crippen molar-refractivity contribution in [2.24, 2.45) is 0 Å². The van der Waals surface area contributed by atoms with E-state index in [1.165, 1.54) is 3.57 Å². The van der Waals surface area contributed by atoms with Crippen molar-refractivity contribution >= 4 is 34.5 Å². The summed E-state index contributed by atoms with van der Waals surface area (Å²) in [6.45, 7) is 1.32. The van der Waals surface area contributed by atoms with E-state index in [2.05, 4.69) is 51.8 Å². The highest BCUT2D eigenvalue weighted by atomic mass is 127. The third-order valence-corrected chi connectivity index (χ3v) is 5.38. The summed E-state index contributed by atoms with van der Waals surface area (Å²) in [4.78, 5) is 16.9. The van der Waals surface area contributed by atoms with E-state index in [9.17, 15) is 4.79 Å². The van der Waals surface area contributed by atoms with E-state index in [1.807, 2.05) is 35.0 Å². The molecular weight excluding hydrogens is 451 g/mol. The highest BCUT2D eigenvalue weighted by Gasteiger charge is 2.22. The quantitative estimate of drug-likeness (QED) is 0.399. The van der Waals surface area contributed by atoms with Gasteiger partial charge in [0.2, 0.25) is 0 Å². The largest absolute Gasteiger partial charge is 0.492 e. The van der Waals surface area contributed by atoms with Crippen LogP contribution in [0.3, 0.4) is 0 Å². The van der Waals surface area contributed by atoms with Crippen molar-refractivity contribution in [3.8, 4) is 5.75 Å². The van der Waals surface area contributed by atoms with E-state index >= 15 is 0 Å². The first-order valence-electron chi connectivity index (χ1n) is 8.91. The molecule has 5 heteroatoms. The van der Waals surface area contributed by atoms with E-state index < -0.39 is 0 Å². The van der Waals surface area contributed by atoms with E-state index in [4.69, 9.17) is 4.74 Å². The molecule has 0 fully saturated rings. The third kappa shape index (κ3) is 4.30. The lowest BCUT2D eigenvalue weighted by molar-refractivity contribution is 0.102. The van der Waals surface area contributed by atoms with Crippen molar-refractivity contribution in [3.05, 3.63) is 87.0 Å². The summed E-state index contributed by atoms with van der Waals surface area (Å²) in [6, 6.07) is 14.0. The molecule has 0 N–H and O–H groups in total. The number of fused-ring (bicyclic) bond motifs is 1. The van der Waals surface area contributed by atoms with Crippen molar-refractivity contribution < 1.29 is 9.53 Å². The summed E-state index contributed by atoms with van der Waals surface area (Å²) in [5.41, 5.74) is 3.80. The standard InChI is InChI=1S/C22H19IN2O2/c23-19-5-1-16(2-6-19)13-18-4-3-17-14-20(7-8-21(17)22(18)26)27-12-11-25-10-9-24-15-25/h1-2,5-10,13-15H,3-4,11-12H2/b18-13+. The Bertz CT molecular complexity index is 976. The molecule has 0 spiro atoms. The molecule has 1 aliphatic rings. The minimum atomic E-state index is 0.125. The zero-order chi connectivity index (χ0) is 18.6. The normalized spacial score (nSPS) is 15.0. The maximum absolute atomic E-state index is 12.8. The number of hydrogen-bond donors (Lipinski definition) is 0. The first-order valence-corrected chi connectivity index (χ1v) is 9.99. The van der Waals surface area contributed by atoms with Gasteiger partial charge in [0.25, 0.3) is 0 Å². The number of nitrogens with zero attached hydrogens (tertiary/aromatic N) is 2. The van der Waals surface area contributed by atoms with E-state index in [0.29, 0.717) is 6.61 Å². The van der Waals surface area contributed by atoms with Gasteiger partial charge >= 0.3 is 0 Å². The average molecular weight is 470 g/mol. The molecule has 0 atom stereocenters. The zero-order valence-electron chi connectivity index (χ0n) is 14.8. The predicted octanol–water partition coefficient (Wildman–Crippen LogP) is 4.78. The maximum Gasteiger partial charge on any atom is 0.189 e. The average Bonchev–Trinajstić information content (AvgIpc) is 3.19. The van der Waals surface area contributed by atoms with Crippen molar-refractivity contribution in [2.45, 2.75) is 19.4 Å². The summed E-state index contributed by atoms with van der Waals surface area (Å²) < 4.78 is 9.01. The van der Waals surface area contributed by atoms with Gasteiger partial charge in [0.15, 0.2) is 5.78 Å². The molecule has 0 saturated carbocycles. The van der Waals surface area contributed by atoms with Crippen molar-refractivity contribution in [1.82, 2.24) is 9.55 Å². The van der Waals surface area contributed by atoms with Crippen molar-refractivity contribution in [1.29, 1.82) is 0 Å². The predicted molar refractivity (Wildman–Crippen MR) is 114 cm³/mol. The Morgan fingerprint density at radius 3 is 2.78 bits per heavy atom. The molecule has 1 heterocycles. The molecule has 27 heavy (non-hydrogen) atoms. The van der Waals surface area contributed by atoms with Crippen LogP contribution in [0.4, 0.5) is 0 Å².